The molecule has 1 saturated heterocycles. The van der Waals surface area contributed by atoms with E-state index in [1.807, 2.05) is 36.4 Å². The normalized spacial score (nSPS) is 17.5. The van der Waals surface area contributed by atoms with Crippen molar-refractivity contribution in [2.75, 3.05) is 25.1 Å². The molecule has 1 aliphatic carbocycles. The lowest BCUT2D eigenvalue weighted by atomic mass is 9.96. The Morgan fingerprint density at radius 1 is 1.14 bits per heavy atom. The van der Waals surface area contributed by atoms with Crippen molar-refractivity contribution >= 4 is 32.7 Å². The molecule has 1 amide bonds. The number of carbonyl (C=O) groups excluding carboxylic acids is 1. The van der Waals surface area contributed by atoms with Crippen LogP contribution in [-0.2, 0) is 4.79 Å². The predicted octanol–water partition coefficient (Wildman–Crippen LogP) is 3.86. The second-order valence-electron chi connectivity index (χ2n) is 7.79. The van der Waals surface area contributed by atoms with Crippen LogP contribution in [0.3, 0.4) is 0 Å². The van der Waals surface area contributed by atoms with Crippen molar-refractivity contribution in [3.05, 3.63) is 36.4 Å². The zero-order valence-electron chi connectivity index (χ0n) is 16.4. The molecule has 2 fully saturated rings. The molecule has 6 nitrogen and oxygen atoms in total. The zero-order valence-corrected chi connectivity index (χ0v) is 17.2. The van der Waals surface area contributed by atoms with E-state index in [9.17, 15) is 4.79 Å². The molecule has 2 aliphatic rings. The summed E-state index contributed by atoms with van der Waals surface area (Å²) >= 11 is 1.62. The molecular formula is C22H24N4O2S. The number of amides is 1. The third-order valence-electron chi connectivity index (χ3n) is 5.67. The zero-order chi connectivity index (χ0) is 19.8. The number of ether oxygens (including phenoxy) is 1. The van der Waals surface area contributed by atoms with Crippen LogP contribution in [0, 0.1) is 5.92 Å². The SMILES string of the molecule is COc1cccc(-c2ccc3nc(N4CCC(C(=O)NC5CC5)CC4)sc3n2)c1. The molecule has 0 radical (unpaired) electrons. The first-order valence-electron chi connectivity index (χ1n) is 10.2. The molecule has 0 atom stereocenters. The van der Waals surface area contributed by atoms with Gasteiger partial charge in [-0.15, -0.1) is 0 Å². The molecule has 5 rings (SSSR count). The highest BCUT2D eigenvalue weighted by Gasteiger charge is 2.30. The molecule has 150 valence electrons. The van der Waals surface area contributed by atoms with E-state index in [0.717, 1.165) is 71.3 Å². The van der Waals surface area contributed by atoms with Crippen molar-refractivity contribution in [3.63, 3.8) is 0 Å². The molecule has 1 saturated carbocycles. The quantitative estimate of drug-likeness (QED) is 0.694. The van der Waals surface area contributed by atoms with Crippen molar-refractivity contribution < 1.29 is 9.53 Å². The minimum Gasteiger partial charge on any atom is -0.497 e. The van der Waals surface area contributed by atoms with Crippen molar-refractivity contribution in [1.29, 1.82) is 0 Å². The molecule has 3 heterocycles. The summed E-state index contributed by atoms with van der Waals surface area (Å²) in [6, 6.07) is 12.4. The second kappa shape index (κ2) is 7.63. The third-order valence-corrected chi connectivity index (χ3v) is 6.70. The number of piperidine rings is 1. The summed E-state index contributed by atoms with van der Waals surface area (Å²) in [7, 11) is 1.67. The van der Waals surface area contributed by atoms with Crippen molar-refractivity contribution in [1.82, 2.24) is 15.3 Å². The Morgan fingerprint density at radius 2 is 1.97 bits per heavy atom. The number of methoxy groups -OCH3 is 1. The van der Waals surface area contributed by atoms with Gasteiger partial charge in [-0.1, -0.05) is 23.5 Å². The van der Waals surface area contributed by atoms with Crippen LogP contribution < -0.4 is 15.0 Å². The van der Waals surface area contributed by atoms with Crippen LogP contribution in [0.5, 0.6) is 5.75 Å². The summed E-state index contributed by atoms with van der Waals surface area (Å²) in [5.41, 5.74) is 2.87. The van der Waals surface area contributed by atoms with Gasteiger partial charge in [0.15, 0.2) is 5.13 Å². The lowest BCUT2D eigenvalue weighted by Crippen LogP contribution is -2.41. The number of carbonyl (C=O) groups is 1. The summed E-state index contributed by atoms with van der Waals surface area (Å²) in [5, 5.41) is 4.14. The number of rotatable bonds is 5. The number of benzene rings is 1. The van der Waals surface area contributed by atoms with Crippen LogP contribution in [0.1, 0.15) is 25.7 Å². The molecule has 2 aromatic heterocycles. The lowest BCUT2D eigenvalue weighted by molar-refractivity contribution is -0.125. The van der Waals surface area contributed by atoms with E-state index in [1.165, 1.54) is 0 Å². The number of aromatic nitrogens is 2. The fraction of sp³-hybridized carbons (Fsp3) is 0.409. The van der Waals surface area contributed by atoms with E-state index in [4.69, 9.17) is 14.7 Å². The first-order chi connectivity index (χ1) is 14.2. The Morgan fingerprint density at radius 3 is 2.72 bits per heavy atom. The van der Waals surface area contributed by atoms with Crippen LogP contribution in [-0.4, -0.2) is 42.1 Å². The molecule has 0 spiro atoms. The van der Waals surface area contributed by atoms with Gasteiger partial charge in [-0.2, -0.15) is 0 Å². The fourth-order valence-electron chi connectivity index (χ4n) is 3.76. The van der Waals surface area contributed by atoms with Crippen molar-refractivity contribution in [2.45, 2.75) is 31.7 Å². The van der Waals surface area contributed by atoms with Gasteiger partial charge in [-0.3, -0.25) is 4.79 Å². The summed E-state index contributed by atoms with van der Waals surface area (Å²) < 4.78 is 5.32. The lowest BCUT2D eigenvalue weighted by Gasteiger charge is -2.30. The van der Waals surface area contributed by atoms with E-state index in [-0.39, 0.29) is 11.8 Å². The summed E-state index contributed by atoms with van der Waals surface area (Å²) in [6.45, 7) is 1.73. The highest BCUT2D eigenvalue weighted by molar-refractivity contribution is 7.21. The van der Waals surface area contributed by atoms with Gasteiger partial charge in [0.1, 0.15) is 16.1 Å². The van der Waals surface area contributed by atoms with E-state index in [0.29, 0.717) is 6.04 Å². The minimum atomic E-state index is 0.138. The molecule has 7 heteroatoms. The number of anilines is 1. The van der Waals surface area contributed by atoms with Crippen LogP contribution in [0.15, 0.2) is 36.4 Å². The third kappa shape index (κ3) is 3.92. The van der Waals surface area contributed by atoms with Gasteiger partial charge in [-0.05, 0) is 49.9 Å². The van der Waals surface area contributed by atoms with Gasteiger partial charge in [0.25, 0.3) is 0 Å². The van der Waals surface area contributed by atoms with E-state index in [1.54, 1.807) is 18.4 Å². The molecule has 29 heavy (non-hydrogen) atoms. The van der Waals surface area contributed by atoms with Crippen LogP contribution in [0.4, 0.5) is 5.13 Å². The topological polar surface area (TPSA) is 67.3 Å². The van der Waals surface area contributed by atoms with Crippen LogP contribution in [0.2, 0.25) is 0 Å². The molecular weight excluding hydrogens is 384 g/mol. The van der Waals surface area contributed by atoms with Gasteiger partial charge in [0, 0.05) is 30.6 Å². The summed E-state index contributed by atoms with van der Waals surface area (Å²) in [6.07, 6.45) is 4.05. The van der Waals surface area contributed by atoms with Crippen molar-refractivity contribution in [3.8, 4) is 17.0 Å². The van der Waals surface area contributed by atoms with Gasteiger partial charge >= 0.3 is 0 Å². The Hall–Kier alpha value is -2.67. The van der Waals surface area contributed by atoms with Crippen LogP contribution in [0.25, 0.3) is 21.6 Å². The highest BCUT2D eigenvalue weighted by Crippen LogP contribution is 2.33. The molecule has 3 aromatic rings. The molecule has 1 N–H and O–H groups in total. The van der Waals surface area contributed by atoms with Gasteiger partial charge < -0.3 is 15.0 Å². The second-order valence-corrected chi connectivity index (χ2v) is 8.75. The fourth-order valence-corrected chi connectivity index (χ4v) is 4.75. The maximum absolute atomic E-state index is 12.3. The Labute approximate surface area is 173 Å². The number of nitrogens with zero attached hydrogens (tertiary/aromatic N) is 3. The van der Waals surface area contributed by atoms with Gasteiger partial charge in [0.2, 0.25) is 5.91 Å². The standard InChI is InChI=1S/C22H24N4O2S/c1-28-17-4-2-3-15(13-17)18-7-8-19-21(24-18)29-22(25-19)26-11-9-14(10-12-26)20(27)23-16-5-6-16/h2-4,7-8,13-14,16H,5-6,9-12H2,1H3,(H,23,27). The Kier molecular flexibility index (Phi) is 4.83. The molecule has 1 aliphatic heterocycles. The first-order valence-corrected chi connectivity index (χ1v) is 11.0. The summed E-state index contributed by atoms with van der Waals surface area (Å²) in [5.74, 6) is 1.20. The Balaban J connectivity index is 1.30. The number of hydrogen-bond donors (Lipinski definition) is 1. The average Bonchev–Trinajstić information content (AvgIpc) is 3.48. The first kappa shape index (κ1) is 18.4. The van der Waals surface area contributed by atoms with E-state index < -0.39 is 0 Å². The average molecular weight is 409 g/mol. The summed E-state index contributed by atoms with van der Waals surface area (Å²) in [4.78, 5) is 25.1. The number of thiazole rings is 1. The van der Waals surface area contributed by atoms with Crippen molar-refractivity contribution in [2.24, 2.45) is 5.92 Å². The van der Waals surface area contributed by atoms with Crippen LogP contribution >= 0.6 is 11.3 Å². The number of hydrogen-bond acceptors (Lipinski definition) is 6. The largest absolute Gasteiger partial charge is 0.497 e. The maximum Gasteiger partial charge on any atom is 0.223 e. The van der Waals surface area contributed by atoms with Gasteiger partial charge in [-0.25, -0.2) is 9.97 Å². The smallest absolute Gasteiger partial charge is 0.223 e. The molecule has 1 aromatic carbocycles. The monoisotopic (exact) mass is 408 g/mol. The number of pyridine rings is 1. The predicted molar refractivity (Wildman–Crippen MR) is 116 cm³/mol. The number of fused-ring (bicyclic) bond motifs is 1. The van der Waals surface area contributed by atoms with E-state index in [2.05, 4.69) is 10.2 Å². The number of nitrogens with one attached hydrogen (secondary N) is 1. The highest BCUT2D eigenvalue weighted by atomic mass is 32.1. The van der Waals surface area contributed by atoms with E-state index >= 15 is 0 Å². The Bertz CT molecular complexity index is 1040. The maximum atomic E-state index is 12.3. The minimum absolute atomic E-state index is 0.138. The molecule has 0 bridgehead atoms. The van der Waals surface area contributed by atoms with Gasteiger partial charge in [0.05, 0.1) is 12.8 Å². The molecule has 0 unspecified atom stereocenters.